The molecule has 0 aliphatic rings. The largest absolute Gasteiger partial charge is 0.267 e. The molecule has 0 atom stereocenters. The Morgan fingerprint density at radius 3 is 2.75 bits per heavy atom. The van der Waals surface area contributed by atoms with Gasteiger partial charge in [0.25, 0.3) is 5.54 Å². The van der Waals surface area contributed by atoms with Crippen molar-refractivity contribution in [2.45, 2.75) is 19.4 Å². The number of rotatable bonds is 2. The zero-order valence-electron chi connectivity index (χ0n) is 8.73. The number of hydrogen-bond donors (Lipinski definition) is 0. The molecule has 0 saturated heterocycles. The molecule has 1 heterocycles. The predicted molar refractivity (Wildman–Crippen MR) is 64.7 cm³/mol. The third-order valence-electron chi connectivity index (χ3n) is 2.35. The van der Waals surface area contributed by atoms with E-state index in [2.05, 4.69) is 4.98 Å². The lowest BCUT2D eigenvalue weighted by Gasteiger charge is -2.11. The van der Waals surface area contributed by atoms with Crippen molar-refractivity contribution in [3.63, 3.8) is 0 Å². The maximum Gasteiger partial charge on any atom is 0.267 e. The Bertz CT molecular complexity index is 565. The van der Waals surface area contributed by atoms with Crippen molar-refractivity contribution in [3.05, 3.63) is 38.3 Å². The number of nitro groups is 1. The van der Waals surface area contributed by atoms with Crippen LogP contribution < -0.4 is 0 Å². The number of aromatic nitrogens is 1. The molecular weight excluding hydrogens is 248 g/mol. The first-order valence-electron chi connectivity index (χ1n) is 4.63. The van der Waals surface area contributed by atoms with Gasteiger partial charge in [-0.05, 0) is 12.1 Å². The van der Waals surface area contributed by atoms with Gasteiger partial charge in [0.1, 0.15) is 0 Å². The van der Waals surface area contributed by atoms with Crippen LogP contribution >= 0.6 is 22.9 Å². The van der Waals surface area contributed by atoms with E-state index in [-0.39, 0.29) is 4.92 Å². The predicted octanol–water partition coefficient (Wildman–Crippen LogP) is 3.46. The van der Waals surface area contributed by atoms with E-state index in [0.29, 0.717) is 15.5 Å². The van der Waals surface area contributed by atoms with Crippen LogP contribution in [-0.4, -0.2) is 9.91 Å². The summed E-state index contributed by atoms with van der Waals surface area (Å²) in [6.45, 7) is 3.08. The fourth-order valence-electron chi connectivity index (χ4n) is 1.26. The number of thiazole rings is 1. The average molecular weight is 257 g/mol. The van der Waals surface area contributed by atoms with Crippen molar-refractivity contribution in [2.24, 2.45) is 0 Å². The van der Waals surface area contributed by atoms with Gasteiger partial charge < -0.3 is 0 Å². The van der Waals surface area contributed by atoms with Crippen LogP contribution in [0.1, 0.15) is 18.9 Å². The molecule has 0 amide bonds. The second-order valence-electron chi connectivity index (χ2n) is 3.92. The average Bonchev–Trinajstić information content (AvgIpc) is 2.63. The van der Waals surface area contributed by atoms with E-state index < -0.39 is 5.54 Å². The summed E-state index contributed by atoms with van der Waals surface area (Å²) < 4.78 is 0.800. The summed E-state index contributed by atoms with van der Waals surface area (Å²) >= 11 is 7.28. The van der Waals surface area contributed by atoms with Gasteiger partial charge in [0.15, 0.2) is 5.01 Å². The maximum absolute atomic E-state index is 10.9. The topological polar surface area (TPSA) is 56.0 Å². The van der Waals surface area contributed by atoms with Gasteiger partial charge in [-0.25, -0.2) is 4.98 Å². The molecule has 6 heteroatoms. The molecule has 2 rings (SSSR count). The molecule has 2 aromatic rings. The second-order valence-corrected chi connectivity index (χ2v) is 5.33. The van der Waals surface area contributed by atoms with Crippen LogP contribution in [0.4, 0.5) is 0 Å². The number of fused-ring (bicyclic) bond motifs is 1. The zero-order chi connectivity index (χ0) is 11.9. The van der Waals surface area contributed by atoms with Crippen molar-refractivity contribution in [3.8, 4) is 0 Å². The molecule has 0 bridgehead atoms. The fraction of sp³-hybridized carbons (Fsp3) is 0.300. The highest BCUT2D eigenvalue weighted by Gasteiger charge is 2.37. The first kappa shape index (κ1) is 11.3. The van der Waals surface area contributed by atoms with Gasteiger partial charge >= 0.3 is 0 Å². The molecular formula is C10H9ClN2O2S. The highest BCUT2D eigenvalue weighted by Crippen LogP contribution is 2.35. The summed E-state index contributed by atoms with van der Waals surface area (Å²) in [6.07, 6.45) is 0. The Morgan fingerprint density at radius 1 is 1.50 bits per heavy atom. The van der Waals surface area contributed by atoms with Crippen LogP contribution in [0, 0.1) is 10.1 Å². The van der Waals surface area contributed by atoms with Crippen LogP contribution in [0.15, 0.2) is 18.2 Å². The molecule has 0 N–H and O–H groups in total. The van der Waals surface area contributed by atoms with Crippen molar-refractivity contribution in [1.82, 2.24) is 4.98 Å². The van der Waals surface area contributed by atoms with Crippen LogP contribution in [0.2, 0.25) is 5.02 Å². The highest BCUT2D eigenvalue weighted by molar-refractivity contribution is 7.19. The van der Waals surface area contributed by atoms with Crippen molar-refractivity contribution in [2.75, 3.05) is 0 Å². The third-order valence-corrected chi connectivity index (χ3v) is 4.19. The summed E-state index contributed by atoms with van der Waals surface area (Å²) in [7, 11) is 0. The van der Waals surface area contributed by atoms with E-state index in [9.17, 15) is 10.1 Å². The van der Waals surface area contributed by atoms with Crippen LogP contribution in [0.3, 0.4) is 0 Å². The van der Waals surface area contributed by atoms with E-state index in [1.54, 1.807) is 32.0 Å². The molecule has 0 fully saturated rings. The van der Waals surface area contributed by atoms with Gasteiger partial charge in [0.2, 0.25) is 0 Å². The van der Waals surface area contributed by atoms with E-state index in [1.165, 1.54) is 11.3 Å². The number of nitrogens with zero attached hydrogens (tertiary/aromatic N) is 2. The lowest BCUT2D eigenvalue weighted by Crippen LogP contribution is -2.27. The molecule has 0 spiro atoms. The minimum absolute atomic E-state index is 0.335. The Morgan fingerprint density at radius 2 is 2.19 bits per heavy atom. The van der Waals surface area contributed by atoms with Gasteiger partial charge in [0.05, 0.1) is 15.2 Å². The van der Waals surface area contributed by atoms with E-state index in [4.69, 9.17) is 11.6 Å². The summed E-state index contributed by atoms with van der Waals surface area (Å²) in [5.74, 6) is 0. The summed E-state index contributed by atoms with van der Waals surface area (Å²) in [5.41, 5.74) is -0.463. The molecule has 1 aromatic carbocycles. The SMILES string of the molecule is CC(C)(c1nc2cccc(Cl)c2s1)[N+](=O)[O-]. The standard InChI is InChI=1S/C10H9ClN2O2S/c1-10(2,13(14)15)9-12-7-5-3-4-6(11)8(7)16-9/h3-5H,1-2H3. The third kappa shape index (κ3) is 1.66. The van der Waals surface area contributed by atoms with Gasteiger partial charge in [-0.2, -0.15) is 0 Å². The minimum atomic E-state index is -1.17. The quantitative estimate of drug-likeness (QED) is 0.611. The normalized spacial score (nSPS) is 11.9. The molecule has 0 unspecified atom stereocenters. The number of halogens is 1. The van der Waals surface area contributed by atoms with Crippen LogP contribution in [0.25, 0.3) is 10.2 Å². The Hall–Kier alpha value is -1.20. The Balaban J connectivity index is 2.64. The summed E-state index contributed by atoms with van der Waals surface area (Å²) in [4.78, 5) is 14.8. The lowest BCUT2D eigenvalue weighted by molar-refractivity contribution is -0.569. The van der Waals surface area contributed by atoms with Gasteiger partial charge in [-0.1, -0.05) is 17.7 Å². The van der Waals surface area contributed by atoms with E-state index in [1.807, 2.05) is 0 Å². The van der Waals surface area contributed by atoms with Gasteiger partial charge in [-0.3, -0.25) is 10.1 Å². The molecule has 0 aliphatic heterocycles. The molecule has 0 aliphatic carbocycles. The smallest absolute Gasteiger partial charge is 0.264 e. The van der Waals surface area contributed by atoms with Crippen LogP contribution in [-0.2, 0) is 5.54 Å². The van der Waals surface area contributed by atoms with Gasteiger partial charge in [0, 0.05) is 18.8 Å². The number of hydrogen-bond acceptors (Lipinski definition) is 4. The van der Waals surface area contributed by atoms with E-state index in [0.717, 1.165) is 4.70 Å². The summed E-state index contributed by atoms with van der Waals surface area (Å²) in [6, 6.07) is 5.34. The second kappa shape index (κ2) is 3.68. The Kier molecular flexibility index (Phi) is 2.59. The lowest BCUT2D eigenvalue weighted by atomic mass is 10.1. The van der Waals surface area contributed by atoms with E-state index >= 15 is 0 Å². The fourth-order valence-corrected chi connectivity index (χ4v) is 2.59. The monoisotopic (exact) mass is 256 g/mol. The first-order chi connectivity index (χ1) is 7.43. The van der Waals surface area contributed by atoms with Crippen molar-refractivity contribution < 1.29 is 4.92 Å². The molecule has 84 valence electrons. The highest BCUT2D eigenvalue weighted by atomic mass is 35.5. The number of benzene rings is 1. The van der Waals surface area contributed by atoms with Gasteiger partial charge in [-0.15, -0.1) is 11.3 Å². The maximum atomic E-state index is 10.9. The van der Waals surface area contributed by atoms with Crippen LogP contribution in [0.5, 0.6) is 0 Å². The molecule has 0 saturated carbocycles. The first-order valence-corrected chi connectivity index (χ1v) is 5.82. The van der Waals surface area contributed by atoms with Crippen molar-refractivity contribution in [1.29, 1.82) is 0 Å². The molecule has 1 aromatic heterocycles. The minimum Gasteiger partial charge on any atom is -0.264 e. The molecule has 4 nitrogen and oxygen atoms in total. The molecule has 0 radical (unpaired) electrons. The molecule has 16 heavy (non-hydrogen) atoms. The summed E-state index contributed by atoms with van der Waals surface area (Å²) in [5, 5.41) is 12.0. The zero-order valence-corrected chi connectivity index (χ0v) is 10.3. The Labute approximate surface area is 101 Å². The van der Waals surface area contributed by atoms with Crippen molar-refractivity contribution >= 4 is 33.2 Å².